The Bertz CT molecular complexity index is 1240. The highest BCUT2D eigenvalue weighted by Crippen LogP contribution is 2.43. The van der Waals surface area contributed by atoms with E-state index < -0.39 is 12.7 Å². The molecule has 34 heavy (non-hydrogen) atoms. The minimum Gasteiger partial charge on any atom is -0.423 e. The molecule has 0 unspecified atom stereocenters. The van der Waals surface area contributed by atoms with Crippen LogP contribution in [0.4, 0.5) is 0 Å². The Hall–Kier alpha value is -3.64. The van der Waals surface area contributed by atoms with Gasteiger partial charge in [-0.2, -0.15) is 0 Å². The van der Waals surface area contributed by atoms with E-state index >= 15 is 0 Å². The van der Waals surface area contributed by atoms with E-state index in [1.807, 2.05) is 48.9 Å². The number of nitrogens with zero attached hydrogens (tertiary/aromatic N) is 2. The van der Waals surface area contributed by atoms with E-state index in [1.54, 1.807) is 30.5 Å². The van der Waals surface area contributed by atoms with Crippen molar-refractivity contribution in [2.75, 3.05) is 0 Å². The maximum absolute atomic E-state index is 8.58. The lowest BCUT2D eigenvalue weighted by atomic mass is 9.76. The van der Waals surface area contributed by atoms with Crippen LogP contribution < -0.4 is 5.46 Å². The molecule has 6 heteroatoms. The second kappa shape index (κ2) is 11.0. The first-order valence-corrected chi connectivity index (χ1v) is 11.3. The number of hydrogen-bond donors (Lipinski definition) is 2. The number of aromatic nitrogens is 2. The summed E-state index contributed by atoms with van der Waals surface area (Å²) in [5, 5.41) is 17.9. The van der Waals surface area contributed by atoms with Crippen molar-refractivity contribution in [3.63, 3.8) is 0 Å². The molecule has 0 bridgehead atoms. The van der Waals surface area contributed by atoms with Crippen LogP contribution >= 0.6 is 11.6 Å². The van der Waals surface area contributed by atoms with Crippen molar-refractivity contribution in [2.24, 2.45) is 0 Å². The SMILES string of the molecule is Clc1ccccc1C(c1ccccc1)(c1ccccc1)n1ccnc1.OB(O)c1ccccc1. The van der Waals surface area contributed by atoms with Crippen LogP contribution in [0.1, 0.15) is 16.7 Å². The second-order valence-electron chi connectivity index (χ2n) is 7.68. The van der Waals surface area contributed by atoms with Crippen molar-refractivity contribution < 1.29 is 10.0 Å². The van der Waals surface area contributed by atoms with Gasteiger partial charge in [-0.3, -0.25) is 0 Å². The summed E-state index contributed by atoms with van der Waals surface area (Å²) in [5.74, 6) is 0. The van der Waals surface area contributed by atoms with Gasteiger partial charge in [-0.1, -0.05) is 121 Å². The number of benzene rings is 4. The molecule has 4 aromatic carbocycles. The normalized spacial score (nSPS) is 10.8. The predicted octanol–water partition coefficient (Wildman–Crippen LogP) is 4.74. The van der Waals surface area contributed by atoms with Crippen LogP contribution in [0.3, 0.4) is 0 Å². The van der Waals surface area contributed by atoms with Crippen molar-refractivity contribution in [1.82, 2.24) is 9.55 Å². The predicted molar refractivity (Wildman–Crippen MR) is 138 cm³/mol. The molecule has 2 N–H and O–H groups in total. The minimum atomic E-state index is -1.34. The number of rotatable bonds is 5. The summed E-state index contributed by atoms with van der Waals surface area (Å²) >= 11 is 6.69. The molecule has 0 atom stereocenters. The molecule has 0 spiro atoms. The Labute approximate surface area is 204 Å². The van der Waals surface area contributed by atoms with Gasteiger partial charge in [0.05, 0.1) is 6.33 Å². The Balaban J connectivity index is 0.000000257. The van der Waals surface area contributed by atoms with E-state index in [0.29, 0.717) is 5.46 Å². The van der Waals surface area contributed by atoms with E-state index in [-0.39, 0.29) is 0 Å². The molecule has 0 amide bonds. The lowest BCUT2D eigenvalue weighted by molar-refractivity contribution is 0.426. The van der Waals surface area contributed by atoms with Crippen LogP contribution in [0.2, 0.25) is 5.02 Å². The number of halogens is 1. The molecule has 0 aliphatic carbocycles. The summed E-state index contributed by atoms with van der Waals surface area (Å²) in [6.45, 7) is 0. The third-order valence-corrected chi connectivity index (χ3v) is 5.97. The third-order valence-electron chi connectivity index (χ3n) is 5.64. The molecule has 168 valence electrons. The van der Waals surface area contributed by atoms with E-state index in [9.17, 15) is 0 Å². The van der Waals surface area contributed by atoms with Gasteiger partial charge in [0.25, 0.3) is 0 Å². The maximum Gasteiger partial charge on any atom is 0.488 e. The molecule has 5 aromatic rings. The average molecular weight is 467 g/mol. The summed E-state index contributed by atoms with van der Waals surface area (Å²) in [6, 6.07) is 37.5. The summed E-state index contributed by atoms with van der Waals surface area (Å²) in [5.41, 5.74) is 3.22. The van der Waals surface area contributed by atoms with E-state index in [1.165, 1.54) is 0 Å². The van der Waals surface area contributed by atoms with Crippen LogP contribution in [-0.4, -0.2) is 26.7 Å². The van der Waals surface area contributed by atoms with Gasteiger partial charge >= 0.3 is 7.12 Å². The molecule has 0 radical (unpaired) electrons. The zero-order chi connectivity index (χ0) is 23.8. The van der Waals surface area contributed by atoms with Crippen molar-refractivity contribution in [3.8, 4) is 0 Å². The van der Waals surface area contributed by atoms with Crippen molar-refractivity contribution in [3.05, 3.63) is 156 Å². The van der Waals surface area contributed by atoms with Gasteiger partial charge in [0, 0.05) is 23.0 Å². The topological polar surface area (TPSA) is 58.3 Å². The van der Waals surface area contributed by atoms with Gasteiger partial charge in [0.15, 0.2) is 0 Å². The highest BCUT2D eigenvalue weighted by molar-refractivity contribution is 6.58. The fourth-order valence-corrected chi connectivity index (χ4v) is 4.38. The maximum atomic E-state index is 8.58. The fraction of sp³-hybridized carbons (Fsp3) is 0.0357. The van der Waals surface area contributed by atoms with Crippen LogP contribution in [0.25, 0.3) is 0 Å². The molecule has 0 saturated heterocycles. The molecule has 0 aliphatic rings. The molecule has 1 heterocycles. The first kappa shape index (κ1) is 23.5. The molecule has 1 aromatic heterocycles. The molecular formula is C28H24BClN2O2. The Kier molecular flexibility index (Phi) is 7.60. The quantitative estimate of drug-likeness (QED) is 0.290. The van der Waals surface area contributed by atoms with Crippen molar-refractivity contribution in [1.29, 1.82) is 0 Å². The zero-order valence-corrected chi connectivity index (χ0v) is 19.2. The van der Waals surface area contributed by atoms with Crippen molar-refractivity contribution >= 4 is 24.2 Å². The highest BCUT2D eigenvalue weighted by Gasteiger charge is 2.39. The molecular weight excluding hydrogens is 443 g/mol. The first-order valence-electron chi connectivity index (χ1n) is 10.9. The first-order chi connectivity index (χ1) is 16.6. The van der Waals surface area contributed by atoms with E-state index in [0.717, 1.165) is 21.7 Å². The fourth-order valence-electron chi connectivity index (χ4n) is 4.11. The van der Waals surface area contributed by atoms with E-state index in [2.05, 4.69) is 64.1 Å². The molecule has 0 saturated carbocycles. The third kappa shape index (κ3) is 4.82. The van der Waals surface area contributed by atoms with Gasteiger partial charge in [0.2, 0.25) is 0 Å². The van der Waals surface area contributed by atoms with Crippen LogP contribution in [-0.2, 0) is 5.54 Å². The smallest absolute Gasteiger partial charge is 0.423 e. The van der Waals surface area contributed by atoms with Crippen LogP contribution in [0.15, 0.2) is 134 Å². The van der Waals surface area contributed by atoms with Gasteiger partial charge in [-0.05, 0) is 22.7 Å². The Morgan fingerprint density at radius 2 is 1.18 bits per heavy atom. The van der Waals surface area contributed by atoms with E-state index in [4.69, 9.17) is 21.6 Å². The van der Waals surface area contributed by atoms with Gasteiger partial charge in [-0.25, -0.2) is 4.98 Å². The summed E-state index contributed by atoms with van der Waals surface area (Å²) < 4.78 is 2.12. The van der Waals surface area contributed by atoms with Gasteiger partial charge < -0.3 is 14.6 Å². The Morgan fingerprint density at radius 1 is 0.676 bits per heavy atom. The Morgan fingerprint density at radius 3 is 1.62 bits per heavy atom. The standard InChI is InChI=1S/C22H17ClN2.C6H7BO2/c23-21-14-8-7-13-20(21)22(25-16-15-24-17-25,18-9-3-1-4-10-18)19-11-5-2-6-12-19;8-7(9)6-4-2-1-3-5-6/h1-17H;1-5,8-9H. The summed E-state index contributed by atoms with van der Waals surface area (Å²) in [7, 11) is -1.34. The molecule has 4 nitrogen and oxygen atoms in total. The zero-order valence-electron chi connectivity index (χ0n) is 18.4. The van der Waals surface area contributed by atoms with Crippen LogP contribution in [0.5, 0.6) is 0 Å². The van der Waals surface area contributed by atoms with Gasteiger partial charge in [-0.15, -0.1) is 0 Å². The number of imidazole rings is 1. The number of hydrogen-bond acceptors (Lipinski definition) is 3. The summed E-state index contributed by atoms with van der Waals surface area (Å²) in [6.07, 6.45) is 5.64. The van der Waals surface area contributed by atoms with Crippen LogP contribution in [0, 0.1) is 0 Å². The molecule has 5 rings (SSSR count). The second-order valence-corrected chi connectivity index (χ2v) is 8.08. The van der Waals surface area contributed by atoms with Crippen molar-refractivity contribution in [2.45, 2.75) is 5.54 Å². The summed E-state index contributed by atoms with van der Waals surface area (Å²) in [4.78, 5) is 4.31. The highest BCUT2D eigenvalue weighted by atomic mass is 35.5. The average Bonchev–Trinajstić information content (AvgIpc) is 3.43. The minimum absolute atomic E-state index is 0.525. The lowest BCUT2D eigenvalue weighted by Crippen LogP contribution is -2.37. The largest absolute Gasteiger partial charge is 0.488 e. The molecule has 0 aliphatic heterocycles. The monoisotopic (exact) mass is 466 g/mol. The molecule has 0 fully saturated rings. The lowest BCUT2D eigenvalue weighted by Gasteiger charge is -2.37. The van der Waals surface area contributed by atoms with Gasteiger partial charge in [0.1, 0.15) is 5.54 Å².